The quantitative estimate of drug-likeness (QED) is 0.428. The van der Waals surface area contributed by atoms with Crippen molar-refractivity contribution < 1.29 is 24.0 Å². The normalized spacial score (nSPS) is 11.7. The van der Waals surface area contributed by atoms with E-state index in [4.69, 9.17) is 27.0 Å². The zero-order valence-corrected chi connectivity index (χ0v) is 17.8. The highest BCUT2D eigenvalue weighted by Crippen LogP contribution is 2.26. The van der Waals surface area contributed by atoms with Crippen LogP contribution in [0.15, 0.2) is 59.1 Å². The van der Waals surface area contributed by atoms with Gasteiger partial charge in [0.25, 0.3) is 0 Å². The average molecular weight is 456 g/mol. The highest BCUT2D eigenvalue weighted by molar-refractivity contribution is 6.30. The summed E-state index contributed by atoms with van der Waals surface area (Å²) in [6.07, 6.45) is -0.0213. The van der Waals surface area contributed by atoms with Crippen LogP contribution in [0, 0.1) is 0 Å². The number of halogens is 1. The van der Waals surface area contributed by atoms with Crippen LogP contribution >= 0.6 is 11.6 Å². The average Bonchev–Trinajstić information content (AvgIpc) is 3.24. The molecule has 0 radical (unpaired) electrons. The first kappa shape index (κ1) is 23.0. The van der Waals surface area contributed by atoms with Crippen molar-refractivity contribution in [1.29, 1.82) is 0 Å². The van der Waals surface area contributed by atoms with Crippen molar-refractivity contribution in [1.82, 2.24) is 10.5 Å². The number of hydrogen-bond acceptors (Lipinski definition) is 5. The van der Waals surface area contributed by atoms with Crippen LogP contribution in [0.1, 0.15) is 25.0 Å². The van der Waals surface area contributed by atoms with Crippen molar-refractivity contribution in [3.63, 3.8) is 0 Å². The van der Waals surface area contributed by atoms with Crippen molar-refractivity contribution in [2.45, 2.75) is 31.7 Å². The second kappa shape index (κ2) is 10.6. The summed E-state index contributed by atoms with van der Waals surface area (Å²) in [5, 5.41) is 15.9. The Hall–Kier alpha value is -3.65. The van der Waals surface area contributed by atoms with Gasteiger partial charge in [0.05, 0.1) is 0 Å². The molecule has 1 aromatic heterocycles. The lowest BCUT2D eigenvalue weighted by Crippen LogP contribution is -2.44. The van der Waals surface area contributed by atoms with Crippen molar-refractivity contribution >= 4 is 29.4 Å². The van der Waals surface area contributed by atoms with Crippen LogP contribution in [0.5, 0.6) is 0 Å². The molecule has 0 aliphatic carbocycles. The summed E-state index contributed by atoms with van der Waals surface area (Å²) in [7, 11) is 0. The Morgan fingerprint density at radius 1 is 1.03 bits per heavy atom. The highest BCUT2D eigenvalue weighted by Gasteiger charge is 2.19. The van der Waals surface area contributed by atoms with E-state index in [9.17, 15) is 14.4 Å². The van der Waals surface area contributed by atoms with Gasteiger partial charge in [-0.2, -0.15) is 0 Å². The van der Waals surface area contributed by atoms with Crippen LogP contribution in [0.2, 0.25) is 5.02 Å². The zero-order valence-electron chi connectivity index (χ0n) is 17.1. The number of nitrogens with two attached hydrogens (primary N) is 1. The standard InChI is InChI=1S/C23H22ClN3O5/c24-17-3-1-2-16(12-17)14-4-6-15(7-5-14)20-13-18(32-27-20)8-10-21(28)26-19(23(25)31)9-11-22(29)30/h1-7,12-13,19H,8-11H2,(H2,25,31)(H,26,28)(H,29,30). The first-order valence-corrected chi connectivity index (χ1v) is 10.3. The van der Waals surface area contributed by atoms with Gasteiger partial charge in [0.15, 0.2) is 0 Å². The predicted molar refractivity (Wildman–Crippen MR) is 119 cm³/mol. The number of aromatic nitrogens is 1. The topological polar surface area (TPSA) is 136 Å². The molecule has 0 saturated carbocycles. The number of carboxylic acid groups (broad SMARTS) is 1. The Morgan fingerprint density at radius 3 is 2.41 bits per heavy atom. The summed E-state index contributed by atoms with van der Waals surface area (Å²) in [5.74, 6) is -1.76. The third-order valence-corrected chi connectivity index (χ3v) is 5.06. The van der Waals surface area contributed by atoms with Gasteiger partial charge in [-0.25, -0.2) is 0 Å². The summed E-state index contributed by atoms with van der Waals surface area (Å²) < 4.78 is 5.31. The minimum atomic E-state index is -1.07. The van der Waals surface area contributed by atoms with E-state index in [0.29, 0.717) is 16.5 Å². The maximum atomic E-state index is 12.1. The monoisotopic (exact) mass is 455 g/mol. The number of carbonyl (C=O) groups excluding carboxylic acids is 2. The van der Waals surface area contributed by atoms with E-state index in [1.165, 1.54) is 0 Å². The fraction of sp³-hybridized carbons (Fsp3) is 0.217. The summed E-state index contributed by atoms with van der Waals surface area (Å²) in [6.45, 7) is 0. The maximum Gasteiger partial charge on any atom is 0.303 e. The molecule has 0 spiro atoms. The minimum Gasteiger partial charge on any atom is -0.481 e. The second-order valence-corrected chi connectivity index (χ2v) is 7.66. The molecule has 4 N–H and O–H groups in total. The van der Waals surface area contributed by atoms with Gasteiger partial charge >= 0.3 is 5.97 Å². The lowest BCUT2D eigenvalue weighted by Gasteiger charge is -2.14. The minimum absolute atomic E-state index is 0.0409. The SMILES string of the molecule is NC(=O)C(CCC(=O)O)NC(=O)CCc1cc(-c2ccc(-c3cccc(Cl)c3)cc2)no1. The molecule has 32 heavy (non-hydrogen) atoms. The lowest BCUT2D eigenvalue weighted by atomic mass is 10.0. The molecule has 0 bridgehead atoms. The molecule has 3 aromatic rings. The molecule has 1 unspecified atom stereocenters. The van der Waals surface area contributed by atoms with Gasteiger partial charge in [0.2, 0.25) is 11.8 Å². The van der Waals surface area contributed by atoms with E-state index in [0.717, 1.165) is 16.7 Å². The van der Waals surface area contributed by atoms with Crippen LogP contribution in [-0.4, -0.2) is 34.1 Å². The fourth-order valence-electron chi connectivity index (χ4n) is 3.12. The molecule has 0 aliphatic rings. The summed E-state index contributed by atoms with van der Waals surface area (Å²) >= 11 is 6.05. The lowest BCUT2D eigenvalue weighted by molar-refractivity contribution is -0.137. The molecule has 1 atom stereocenters. The van der Waals surface area contributed by atoms with Crippen LogP contribution in [0.25, 0.3) is 22.4 Å². The molecule has 166 valence electrons. The highest BCUT2D eigenvalue weighted by atomic mass is 35.5. The van der Waals surface area contributed by atoms with Crippen LogP contribution in [-0.2, 0) is 20.8 Å². The first-order chi connectivity index (χ1) is 15.3. The molecule has 0 aliphatic heterocycles. The number of benzene rings is 2. The first-order valence-electron chi connectivity index (χ1n) is 9.94. The van der Waals surface area contributed by atoms with Crippen LogP contribution in [0.4, 0.5) is 0 Å². The van der Waals surface area contributed by atoms with Crippen molar-refractivity contribution in [3.05, 3.63) is 65.4 Å². The van der Waals surface area contributed by atoms with E-state index in [-0.39, 0.29) is 25.7 Å². The molecule has 2 aromatic carbocycles. The summed E-state index contributed by atoms with van der Waals surface area (Å²) in [6, 6.07) is 16.1. The molecular weight excluding hydrogens is 434 g/mol. The molecule has 1 heterocycles. The molecule has 3 rings (SSSR count). The molecule has 0 fully saturated rings. The third-order valence-electron chi connectivity index (χ3n) is 4.82. The van der Waals surface area contributed by atoms with Crippen molar-refractivity contribution in [3.8, 4) is 22.4 Å². The largest absolute Gasteiger partial charge is 0.481 e. The van der Waals surface area contributed by atoms with Crippen LogP contribution in [0.3, 0.4) is 0 Å². The molecule has 2 amide bonds. The number of amides is 2. The number of carbonyl (C=O) groups is 3. The zero-order chi connectivity index (χ0) is 23.1. The maximum absolute atomic E-state index is 12.1. The van der Waals surface area contributed by atoms with Crippen molar-refractivity contribution in [2.75, 3.05) is 0 Å². The van der Waals surface area contributed by atoms with Gasteiger partial charge in [-0.3, -0.25) is 14.4 Å². The Morgan fingerprint density at radius 2 is 1.75 bits per heavy atom. The van der Waals surface area contributed by atoms with E-state index in [1.54, 1.807) is 6.07 Å². The molecule has 0 saturated heterocycles. The predicted octanol–water partition coefficient (Wildman–Crippen LogP) is 3.43. The Labute approximate surface area is 189 Å². The number of aryl methyl sites for hydroxylation is 1. The van der Waals surface area contributed by atoms with Gasteiger partial charge < -0.3 is 20.7 Å². The molecular formula is C23H22ClN3O5. The van der Waals surface area contributed by atoms with E-state index < -0.39 is 23.8 Å². The van der Waals surface area contributed by atoms with Gasteiger partial charge in [0.1, 0.15) is 17.5 Å². The van der Waals surface area contributed by atoms with E-state index in [1.807, 2.05) is 48.5 Å². The van der Waals surface area contributed by atoms with E-state index in [2.05, 4.69) is 10.5 Å². The number of nitrogens with zero attached hydrogens (tertiary/aromatic N) is 1. The summed E-state index contributed by atoms with van der Waals surface area (Å²) in [5.41, 5.74) is 8.74. The van der Waals surface area contributed by atoms with Crippen molar-refractivity contribution in [2.24, 2.45) is 5.73 Å². The fourth-order valence-corrected chi connectivity index (χ4v) is 3.32. The van der Waals surface area contributed by atoms with E-state index >= 15 is 0 Å². The Bertz CT molecular complexity index is 1110. The third kappa shape index (κ3) is 6.42. The van der Waals surface area contributed by atoms with Gasteiger partial charge in [0, 0.05) is 35.9 Å². The Balaban J connectivity index is 1.57. The van der Waals surface area contributed by atoms with Gasteiger partial charge in [-0.05, 0) is 29.7 Å². The number of hydrogen-bond donors (Lipinski definition) is 3. The van der Waals surface area contributed by atoms with Gasteiger partial charge in [-0.15, -0.1) is 0 Å². The second-order valence-electron chi connectivity index (χ2n) is 7.22. The molecule has 8 nitrogen and oxygen atoms in total. The number of carboxylic acids is 1. The Kier molecular flexibility index (Phi) is 7.62. The number of nitrogens with one attached hydrogen (secondary N) is 1. The number of aliphatic carboxylic acids is 1. The van der Waals surface area contributed by atoms with Gasteiger partial charge in [-0.1, -0.05) is 53.2 Å². The smallest absolute Gasteiger partial charge is 0.303 e. The summed E-state index contributed by atoms with van der Waals surface area (Å²) in [4.78, 5) is 34.2. The number of primary amides is 1. The van der Waals surface area contributed by atoms with Crippen LogP contribution < -0.4 is 11.1 Å². The molecule has 9 heteroatoms. The number of rotatable bonds is 10.